The van der Waals surface area contributed by atoms with Gasteiger partial charge in [-0.1, -0.05) is 12.1 Å². The summed E-state index contributed by atoms with van der Waals surface area (Å²) in [6.07, 6.45) is 1.91. The van der Waals surface area contributed by atoms with Crippen molar-refractivity contribution in [3.63, 3.8) is 0 Å². The third-order valence-electron chi connectivity index (χ3n) is 2.50. The average Bonchev–Trinajstić information content (AvgIpc) is 2.35. The summed E-state index contributed by atoms with van der Waals surface area (Å²) in [6, 6.07) is 8.04. The molecule has 4 nitrogen and oxygen atoms in total. The van der Waals surface area contributed by atoms with Gasteiger partial charge in [0.25, 0.3) is 0 Å². The third-order valence-corrected chi connectivity index (χ3v) is 2.50. The lowest BCUT2D eigenvalue weighted by Gasteiger charge is -2.08. The average molecular weight is 288 g/mol. The second-order valence-electron chi connectivity index (χ2n) is 4.35. The summed E-state index contributed by atoms with van der Waals surface area (Å²) in [5, 5.41) is 0. The number of ether oxygens (including phenoxy) is 2. The molecule has 0 aliphatic heterocycles. The van der Waals surface area contributed by atoms with Gasteiger partial charge >= 0.3 is 5.97 Å². The van der Waals surface area contributed by atoms with Crippen molar-refractivity contribution in [2.75, 3.05) is 13.7 Å². The number of carbonyl (C=O) groups excluding carboxylic acids is 1. The van der Waals surface area contributed by atoms with Gasteiger partial charge in [-0.05, 0) is 37.5 Å². The minimum absolute atomic E-state index is 0. The number of esters is 1. The number of benzene rings is 1. The van der Waals surface area contributed by atoms with Crippen LogP contribution in [-0.4, -0.2) is 25.7 Å². The van der Waals surface area contributed by atoms with Crippen LogP contribution >= 0.6 is 12.4 Å². The molecular weight excluding hydrogens is 266 g/mol. The van der Waals surface area contributed by atoms with Crippen LogP contribution < -0.4 is 10.5 Å². The fourth-order valence-corrected chi connectivity index (χ4v) is 1.60. The van der Waals surface area contributed by atoms with Crippen LogP contribution in [0.25, 0.3) is 0 Å². The Morgan fingerprint density at radius 3 is 2.47 bits per heavy atom. The van der Waals surface area contributed by atoms with Gasteiger partial charge in [0, 0.05) is 12.5 Å². The van der Waals surface area contributed by atoms with E-state index in [4.69, 9.17) is 10.5 Å². The molecule has 0 aromatic heterocycles. The van der Waals surface area contributed by atoms with Gasteiger partial charge in [-0.3, -0.25) is 4.79 Å². The Morgan fingerprint density at radius 2 is 1.95 bits per heavy atom. The highest BCUT2D eigenvalue weighted by molar-refractivity contribution is 5.85. The predicted octanol–water partition coefficient (Wildman–Crippen LogP) is 2.33. The predicted molar refractivity (Wildman–Crippen MR) is 77.8 cm³/mol. The van der Waals surface area contributed by atoms with Crippen LogP contribution in [0.2, 0.25) is 0 Å². The Bertz CT molecular complexity index is 365. The van der Waals surface area contributed by atoms with Crippen LogP contribution in [0.3, 0.4) is 0 Å². The maximum atomic E-state index is 10.9. The number of rotatable bonds is 7. The lowest BCUT2D eigenvalue weighted by Crippen LogP contribution is -2.17. The lowest BCUT2D eigenvalue weighted by molar-refractivity contribution is -0.140. The van der Waals surface area contributed by atoms with Gasteiger partial charge in [0.1, 0.15) is 5.75 Å². The molecule has 0 saturated heterocycles. The Morgan fingerprint density at radius 1 is 1.32 bits per heavy atom. The van der Waals surface area contributed by atoms with Crippen LogP contribution in [0.5, 0.6) is 5.75 Å². The van der Waals surface area contributed by atoms with Crippen LogP contribution in [0.1, 0.15) is 25.3 Å². The summed E-state index contributed by atoms with van der Waals surface area (Å²) in [6.45, 7) is 2.50. The lowest BCUT2D eigenvalue weighted by atomic mass is 10.1. The molecule has 0 radical (unpaired) electrons. The number of hydrogen-bond donors (Lipinski definition) is 1. The second kappa shape index (κ2) is 9.64. The smallest absolute Gasteiger partial charge is 0.305 e. The summed E-state index contributed by atoms with van der Waals surface area (Å²) < 4.78 is 10.1. The van der Waals surface area contributed by atoms with Crippen molar-refractivity contribution >= 4 is 18.4 Å². The van der Waals surface area contributed by atoms with E-state index in [-0.39, 0.29) is 24.4 Å². The number of hydrogen-bond acceptors (Lipinski definition) is 4. The summed E-state index contributed by atoms with van der Waals surface area (Å²) in [5.41, 5.74) is 6.93. The van der Waals surface area contributed by atoms with Gasteiger partial charge < -0.3 is 15.2 Å². The summed E-state index contributed by atoms with van der Waals surface area (Å²) in [7, 11) is 1.39. The van der Waals surface area contributed by atoms with Crippen molar-refractivity contribution in [2.24, 2.45) is 5.73 Å². The minimum Gasteiger partial charge on any atom is -0.494 e. The van der Waals surface area contributed by atoms with Gasteiger partial charge in [-0.25, -0.2) is 0 Å². The molecule has 0 aliphatic carbocycles. The summed E-state index contributed by atoms with van der Waals surface area (Å²) >= 11 is 0. The summed E-state index contributed by atoms with van der Waals surface area (Å²) in [4.78, 5) is 10.9. The van der Waals surface area contributed by atoms with E-state index in [1.165, 1.54) is 12.7 Å². The molecule has 0 spiro atoms. The molecule has 0 fully saturated rings. The molecule has 1 aromatic carbocycles. The first-order chi connectivity index (χ1) is 8.61. The van der Waals surface area contributed by atoms with Crippen molar-refractivity contribution in [3.05, 3.63) is 29.8 Å². The molecule has 5 heteroatoms. The summed E-state index contributed by atoms with van der Waals surface area (Å²) in [5.74, 6) is 0.610. The minimum atomic E-state index is -0.203. The van der Waals surface area contributed by atoms with Gasteiger partial charge in [-0.2, -0.15) is 0 Å². The standard InChI is InChI=1S/C14H21NO3.ClH/c1-11(15)10-12-5-7-13(8-6-12)18-9-3-4-14(16)17-2;/h5-8,11H,3-4,9-10,15H2,1-2H3;1H/t11-;/m1./s1. The maximum Gasteiger partial charge on any atom is 0.305 e. The molecule has 108 valence electrons. The maximum absolute atomic E-state index is 10.9. The Hall–Kier alpha value is -1.26. The second-order valence-corrected chi connectivity index (χ2v) is 4.35. The molecule has 0 unspecified atom stereocenters. The zero-order valence-electron chi connectivity index (χ0n) is 11.4. The van der Waals surface area contributed by atoms with Crippen LogP contribution in [0.15, 0.2) is 24.3 Å². The molecule has 1 atom stereocenters. The number of carbonyl (C=O) groups is 1. The first kappa shape index (κ1) is 17.7. The quantitative estimate of drug-likeness (QED) is 0.618. The van der Waals surface area contributed by atoms with E-state index >= 15 is 0 Å². The molecule has 0 aliphatic rings. The molecule has 0 saturated carbocycles. The monoisotopic (exact) mass is 287 g/mol. The fraction of sp³-hybridized carbons (Fsp3) is 0.500. The van der Waals surface area contributed by atoms with Crippen molar-refractivity contribution in [1.29, 1.82) is 0 Å². The Labute approximate surface area is 120 Å². The molecule has 0 heterocycles. The molecule has 1 rings (SSSR count). The first-order valence-corrected chi connectivity index (χ1v) is 6.16. The van der Waals surface area contributed by atoms with Crippen molar-refractivity contribution < 1.29 is 14.3 Å². The highest BCUT2D eigenvalue weighted by Crippen LogP contribution is 2.13. The van der Waals surface area contributed by atoms with Gasteiger partial charge in [-0.15, -0.1) is 12.4 Å². The number of halogens is 1. The molecule has 0 bridgehead atoms. The van der Waals surface area contributed by atoms with Gasteiger partial charge in [0.15, 0.2) is 0 Å². The van der Waals surface area contributed by atoms with Crippen LogP contribution in [-0.2, 0) is 16.0 Å². The zero-order chi connectivity index (χ0) is 13.4. The normalized spacial score (nSPS) is 11.3. The fourth-order valence-electron chi connectivity index (χ4n) is 1.60. The van der Waals surface area contributed by atoms with E-state index in [1.54, 1.807) is 0 Å². The topological polar surface area (TPSA) is 61.5 Å². The first-order valence-electron chi connectivity index (χ1n) is 6.16. The number of methoxy groups -OCH3 is 1. The van der Waals surface area contributed by atoms with E-state index in [9.17, 15) is 4.79 Å². The van der Waals surface area contributed by atoms with E-state index in [2.05, 4.69) is 4.74 Å². The van der Waals surface area contributed by atoms with E-state index in [0.29, 0.717) is 19.4 Å². The number of nitrogens with two attached hydrogens (primary N) is 1. The highest BCUT2D eigenvalue weighted by Gasteiger charge is 2.01. The van der Waals surface area contributed by atoms with E-state index in [1.807, 2.05) is 31.2 Å². The van der Waals surface area contributed by atoms with E-state index < -0.39 is 0 Å². The SMILES string of the molecule is COC(=O)CCCOc1ccc(C[C@@H](C)N)cc1.Cl. The van der Waals surface area contributed by atoms with Crippen molar-refractivity contribution in [1.82, 2.24) is 0 Å². The Kier molecular flexibility index (Phi) is 9.00. The molecule has 19 heavy (non-hydrogen) atoms. The largest absolute Gasteiger partial charge is 0.494 e. The van der Waals surface area contributed by atoms with Crippen molar-refractivity contribution in [3.8, 4) is 5.75 Å². The zero-order valence-corrected chi connectivity index (χ0v) is 12.2. The highest BCUT2D eigenvalue weighted by atomic mass is 35.5. The van der Waals surface area contributed by atoms with Crippen LogP contribution in [0, 0.1) is 0 Å². The third kappa shape index (κ3) is 7.70. The molecule has 2 N–H and O–H groups in total. The van der Waals surface area contributed by atoms with Gasteiger partial charge in [0.05, 0.1) is 13.7 Å². The molecular formula is C14H22ClNO3. The van der Waals surface area contributed by atoms with E-state index in [0.717, 1.165) is 12.2 Å². The Balaban J connectivity index is 0.00000324. The van der Waals surface area contributed by atoms with Crippen molar-refractivity contribution in [2.45, 2.75) is 32.2 Å². The van der Waals surface area contributed by atoms with Gasteiger partial charge in [0.2, 0.25) is 0 Å². The molecule has 1 aromatic rings. The molecule has 0 amide bonds. The van der Waals surface area contributed by atoms with Crippen LogP contribution in [0.4, 0.5) is 0 Å².